The first-order valence-corrected chi connectivity index (χ1v) is 12.8. The van der Waals surface area contributed by atoms with Gasteiger partial charge in [0, 0.05) is 50.4 Å². The lowest BCUT2D eigenvalue weighted by molar-refractivity contribution is -0.131. The molecule has 0 aliphatic rings. The summed E-state index contributed by atoms with van der Waals surface area (Å²) in [5.41, 5.74) is 7.10. The molecule has 0 atom stereocenters. The van der Waals surface area contributed by atoms with Crippen LogP contribution in [0.4, 0.5) is 17.5 Å². The van der Waals surface area contributed by atoms with E-state index < -0.39 is 5.91 Å². The normalized spacial score (nSPS) is 10.6. The largest absolute Gasteiger partial charge is 0.369 e. The molecule has 0 saturated heterocycles. The van der Waals surface area contributed by atoms with Gasteiger partial charge in [-0.15, -0.1) is 0 Å². The van der Waals surface area contributed by atoms with E-state index in [4.69, 9.17) is 5.73 Å². The van der Waals surface area contributed by atoms with Crippen molar-refractivity contribution < 1.29 is 14.4 Å². The number of likely N-dealkylation sites (N-methyl/N-ethyl adjacent to an activating group) is 2. The molecular weight excluding hydrogens is 496 g/mol. The fourth-order valence-corrected chi connectivity index (χ4v) is 3.16. The summed E-state index contributed by atoms with van der Waals surface area (Å²) in [7, 11) is 5.43. The second-order valence-electron chi connectivity index (χ2n) is 9.06. The number of benzene rings is 1. The number of nitrogens with two attached hydrogens (primary N) is 1. The SMILES string of the molecule is CCCNc1nc(Nc2ccc(C(N)=O)cc2)ncc1C#CCCCNC(=O)CN(C)C(=O)/C=C/CN(C)C. The van der Waals surface area contributed by atoms with Gasteiger partial charge in [-0.05, 0) is 51.2 Å². The average molecular weight is 535 g/mol. The van der Waals surface area contributed by atoms with Gasteiger partial charge in [0.05, 0.1) is 18.3 Å². The highest BCUT2D eigenvalue weighted by molar-refractivity contribution is 5.93. The zero-order chi connectivity index (χ0) is 28.6. The molecule has 208 valence electrons. The minimum atomic E-state index is -0.488. The minimum Gasteiger partial charge on any atom is -0.369 e. The summed E-state index contributed by atoms with van der Waals surface area (Å²) in [6.07, 6.45) is 7.04. The van der Waals surface area contributed by atoms with Crippen molar-refractivity contribution in [1.82, 2.24) is 25.1 Å². The Hall–Kier alpha value is -4.43. The van der Waals surface area contributed by atoms with E-state index in [9.17, 15) is 14.4 Å². The maximum Gasteiger partial charge on any atom is 0.248 e. The number of amides is 3. The van der Waals surface area contributed by atoms with Gasteiger partial charge in [-0.3, -0.25) is 14.4 Å². The zero-order valence-corrected chi connectivity index (χ0v) is 23.1. The monoisotopic (exact) mass is 534 g/mol. The number of nitrogens with zero attached hydrogens (tertiary/aromatic N) is 4. The molecule has 1 aromatic carbocycles. The van der Waals surface area contributed by atoms with Crippen LogP contribution in [0.3, 0.4) is 0 Å². The molecule has 0 unspecified atom stereocenters. The third-order valence-corrected chi connectivity index (χ3v) is 5.27. The number of unbranched alkanes of at least 4 members (excludes halogenated alkanes) is 1. The van der Waals surface area contributed by atoms with Crippen LogP contribution >= 0.6 is 0 Å². The maximum atomic E-state index is 12.1. The first-order valence-electron chi connectivity index (χ1n) is 12.8. The molecule has 0 aliphatic carbocycles. The molecule has 3 amide bonds. The van der Waals surface area contributed by atoms with E-state index in [0.717, 1.165) is 18.7 Å². The van der Waals surface area contributed by atoms with Gasteiger partial charge >= 0.3 is 0 Å². The smallest absolute Gasteiger partial charge is 0.248 e. The Morgan fingerprint density at radius 1 is 1.10 bits per heavy atom. The van der Waals surface area contributed by atoms with Gasteiger partial charge in [-0.25, -0.2) is 4.98 Å². The van der Waals surface area contributed by atoms with E-state index in [-0.39, 0.29) is 18.4 Å². The van der Waals surface area contributed by atoms with Crippen LogP contribution < -0.4 is 21.7 Å². The van der Waals surface area contributed by atoms with Crippen LogP contribution in [0.25, 0.3) is 0 Å². The summed E-state index contributed by atoms with van der Waals surface area (Å²) in [5, 5.41) is 9.20. The van der Waals surface area contributed by atoms with Gasteiger partial charge in [0.15, 0.2) is 0 Å². The number of nitrogens with one attached hydrogen (secondary N) is 3. The Bertz CT molecular complexity index is 1200. The van der Waals surface area contributed by atoms with Crippen LogP contribution in [0.15, 0.2) is 42.6 Å². The van der Waals surface area contributed by atoms with Crippen molar-refractivity contribution in [3.05, 3.63) is 53.7 Å². The van der Waals surface area contributed by atoms with E-state index >= 15 is 0 Å². The summed E-state index contributed by atoms with van der Waals surface area (Å²) >= 11 is 0. The van der Waals surface area contributed by atoms with Crippen LogP contribution in [0.1, 0.15) is 42.1 Å². The zero-order valence-electron chi connectivity index (χ0n) is 23.1. The number of carbonyl (C=O) groups is 3. The van der Waals surface area contributed by atoms with E-state index in [1.54, 1.807) is 43.6 Å². The second kappa shape index (κ2) is 16.4. The predicted octanol–water partition coefficient (Wildman–Crippen LogP) is 1.97. The fraction of sp³-hybridized carbons (Fsp3) is 0.393. The van der Waals surface area contributed by atoms with Gasteiger partial charge in [0.1, 0.15) is 5.82 Å². The number of hydrogen-bond acceptors (Lipinski definition) is 8. The number of hydrogen-bond donors (Lipinski definition) is 4. The lowest BCUT2D eigenvalue weighted by atomic mass is 10.2. The summed E-state index contributed by atoms with van der Waals surface area (Å²) in [4.78, 5) is 47.6. The number of aromatic nitrogens is 2. The van der Waals surface area contributed by atoms with Gasteiger partial charge in [-0.1, -0.05) is 24.8 Å². The van der Waals surface area contributed by atoms with E-state index in [2.05, 4.69) is 44.7 Å². The highest BCUT2D eigenvalue weighted by atomic mass is 16.2. The first kappa shape index (κ1) is 30.8. The Labute approximate surface area is 230 Å². The van der Waals surface area contributed by atoms with E-state index in [0.29, 0.717) is 48.8 Å². The molecule has 1 aromatic heterocycles. The molecule has 0 radical (unpaired) electrons. The Kier molecular flexibility index (Phi) is 13.0. The third-order valence-electron chi connectivity index (χ3n) is 5.27. The van der Waals surface area contributed by atoms with Crippen molar-refractivity contribution in [3.8, 4) is 11.8 Å². The lowest BCUT2D eigenvalue weighted by Gasteiger charge is -2.14. The molecule has 0 bridgehead atoms. The molecule has 0 spiro atoms. The van der Waals surface area contributed by atoms with Crippen molar-refractivity contribution in [2.45, 2.75) is 26.2 Å². The van der Waals surface area contributed by atoms with Crippen LogP contribution in [0.5, 0.6) is 0 Å². The molecule has 2 aromatic rings. The van der Waals surface area contributed by atoms with Crippen molar-refractivity contribution in [2.24, 2.45) is 5.73 Å². The molecule has 2 rings (SSSR count). The first-order chi connectivity index (χ1) is 18.7. The Morgan fingerprint density at radius 2 is 1.85 bits per heavy atom. The van der Waals surface area contributed by atoms with Crippen molar-refractivity contribution in [3.63, 3.8) is 0 Å². The molecular formula is C28H38N8O3. The van der Waals surface area contributed by atoms with Crippen molar-refractivity contribution in [1.29, 1.82) is 0 Å². The molecule has 0 fully saturated rings. The molecule has 0 saturated carbocycles. The Balaban J connectivity index is 1.86. The average Bonchev–Trinajstić information content (AvgIpc) is 2.90. The molecule has 39 heavy (non-hydrogen) atoms. The van der Waals surface area contributed by atoms with E-state index in [1.165, 1.54) is 11.0 Å². The van der Waals surface area contributed by atoms with Crippen LogP contribution in [0.2, 0.25) is 0 Å². The fourth-order valence-electron chi connectivity index (χ4n) is 3.16. The predicted molar refractivity (Wildman–Crippen MR) is 154 cm³/mol. The van der Waals surface area contributed by atoms with Crippen LogP contribution in [-0.4, -0.2) is 84.8 Å². The number of primary amides is 1. The summed E-state index contributed by atoms with van der Waals surface area (Å²) < 4.78 is 0. The topological polar surface area (TPSA) is 146 Å². The molecule has 11 heteroatoms. The van der Waals surface area contributed by atoms with Crippen LogP contribution in [-0.2, 0) is 9.59 Å². The summed E-state index contributed by atoms with van der Waals surface area (Å²) in [6, 6.07) is 6.72. The quantitative estimate of drug-likeness (QED) is 0.164. The van der Waals surface area contributed by atoms with Crippen molar-refractivity contribution in [2.75, 3.05) is 58.0 Å². The lowest BCUT2D eigenvalue weighted by Crippen LogP contribution is -2.38. The van der Waals surface area contributed by atoms with Gasteiger partial charge in [0.25, 0.3) is 0 Å². The van der Waals surface area contributed by atoms with E-state index in [1.807, 2.05) is 19.0 Å². The van der Waals surface area contributed by atoms with Crippen LogP contribution in [0, 0.1) is 11.8 Å². The maximum absolute atomic E-state index is 12.1. The third kappa shape index (κ3) is 11.7. The van der Waals surface area contributed by atoms with Gasteiger partial charge < -0.3 is 31.5 Å². The molecule has 1 heterocycles. The number of rotatable bonds is 14. The molecule has 0 aliphatic heterocycles. The highest BCUT2D eigenvalue weighted by Gasteiger charge is 2.10. The second-order valence-corrected chi connectivity index (χ2v) is 9.06. The van der Waals surface area contributed by atoms with Gasteiger partial charge in [0.2, 0.25) is 23.7 Å². The number of anilines is 3. The van der Waals surface area contributed by atoms with Crippen molar-refractivity contribution >= 4 is 35.2 Å². The molecule has 5 N–H and O–H groups in total. The summed E-state index contributed by atoms with van der Waals surface area (Å²) in [6.45, 7) is 3.90. The highest BCUT2D eigenvalue weighted by Crippen LogP contribution is 2.18. The standard InChI is InChI=1S/C28H38N8O3/c1-5-16-31-27-22(19-32-28(34-27)33-23-14-12-21(13-15-23)26(29)39)10-7-6-8-17-30-24(37)20-36(4)25(38)11-9-18-35(2)3/h9,11-15,19H,5-6,8,16-18,20H2,1-4H3,(H2,29,39)(H,30,37)(H2,31,32,33,34)/b11-9+. The summed E-state index contributed by atoms with van der Waals surface area (Å²) in [5.74, 6) is 6.31. The number of carbonyl (C=O) groups excluding carboxylic acids is 3. The minimum absolute atomic E-state index is 0.00369. The molecule has 11 nitrogen and oxygen atoms in total. The van der Waals surface area contributed by atoms with Gasteiger partial charge in [-0.2, -0.15) is 4.98 Å². The Morgan fingerprint density at radius 3 is 2.51 bits per heavy atom.